The van der Waals surface area contributed by atoms with Crippen molar-refractivity contribution < 1.29 is 9.53 Å². The van der Waals surface area contributed by atoms with Gasteiger partial charge in [-0.3, -0.25) is 4.79 Å². The van der Waals surface area contributed by atoms with Crippen LogP contribution in [0.4, 0.5) is 0 Å². The van der Waals surface area contributed by atoms with Crippen molar-refractivity contribution in [2.24, 2.45) is 0 Å². The standard InChI is InChI=1S/C17H17N3O2S/c1-11-18-9-13(23-11)10-20(2)17(21)15-8-12-6-4-5-7-14(12)16(19-15)22-3/h4-9H,10H2,1-3H3. The van der Waals surface area contributed by atoms with Crippen LogP contribution in [0, 0.1) is 6.92 Å². The minimum atomic E-state index is -0.139. The van der Waals surface area contributed by atoms with Crippen LogP contribution in [0.2, 0.25) is 0 Å². The third-order valence-electron chi connectivity index (χ3n) is 3.53. The largest absolute Gasteiger partial charge is 0.481 e. The van der Waals surface area contributed by atoms with Crippen molar-refractivity contribution in [2.45, 2.75) is 13.5 Å². The molecule has 0 aliphatic rings. The quantitative estimate of drug-likeness (QED) is 0.738. The lowest BCUT2D eigenvalue weighted by Crippen LogP contribution is -2.26. The molecule has 0 fully saturated rings. The van der Waals surface area contributed by atoms with Crippen LogP contribution < -0.4 is 4.74 Å². The van der Waals surface area contributed by atoms with Crippen molar-refractivity contribution in [2.75, 3.05) is 14.2 Å². The third kappa shape index (κ3) is 3.17. The average molecular weight is 327 g/mol. The molecule has 0 unspecified atom stereocenters. The fourth-order valence-corrected chi connectivity index (χ4v) is 3.26. The van der Waals surface area contributed by atoms with Crippen molar-refractivity contribution in [3.63, 3.8) is 0 Å². The molecule has 1 amide bonds. The fraction of sp³-hybridized carbons (Fsp3) is 0.235. The van der Waals surface area contributed by atoms with E-state index in [1.54, 1.807) is 42.7 Å². The van der Waals surface area contributed by atoms with Gasteiger partial charge in [0.1, 0.15) is 5.69 Å². The molecule has 3 aromatic rings. The first-order chi connectivity index (χ1) is 11.1. The van der Waals surface area contributed by atoms with Crippen molar-refractivity contribution in [3.8, 4) is 5.88 Å². The lowest BCUT2D eigenvalue weighted by Gasteiger charge is -2.16. The number of amides is 1. The number of thiazole rings is 1. The van der Waals surface area contributed by atoms with E-state index < -0.39 is 0 Å². The normalized spacial score (nSPS) is 10.7. The maximum Gasteiger partial charge on any atom is 0.272 e. The minimum absolute atomic E-state index is 0.139. The number of carbonyl (C=O) groups excluding carboxylic acids is 1. The second kappa shape index (κ2) is 6.34. The highest BCUT2D eigenvalue weighted by atomic mass is 32.1. The zero-order chi connectivity index (χ0) is 16.4. The summed E-state index contributed by atoms with van der Waals surface area (Å²) < 4.78 is 5.33. The Labute approximate surface area is 138 Å². The summed E-state index contributed by atoms with van der Waals surface area (Å²) in [5.74, 6) is 0.327. The number of pyridine rings is 1. The van der Waals surface area contributed by atoms with E-state index in [1.807, 2.05) is 31.2 Å². The highest BCUT2D eigenvalue weighted by Gasteiger charge is 2.17. The molecule has 0 aliphatic carbocycles. The van der Waals surface area contributed by atoms with Gasteiger partial charge >= 0.3 is 0 Å². The second-order valence-electron chi connectivity index (χ2n) is 5.24. The Morgan fingerprint density at radius 3 is 2.83 bits per heavy atom. The first-order valence-electron chi connectivity index (χ1n) is 7.19. The lowest BCUT2D eigenvalue weighted by atomic mass is 10.1. The van der Waals surface area contributed by atoms with E-state index >= 15 is 0 Å². The van der Waals surface area contributed by atoms with E-state index in [1.165, 1.54) is 0 Å². The Morgan fingerprint density at radius 1 is 1.35 bits per heavy atom. The van der Waals surface area contributed by atoms with Crippen LogP contribution in [0.5, 0.6) is 5.88 Å². The summed E-state index contributed by atoms with van der Waals surface area (Å²) >= 11 is 1.59. The van der Waals surface area contributed by atoms with E-state index in [-0.39, 0.29) is 5.91 Å². The molecule has 0 bridgehead atoms. The van der Waals surface area contributed by atoms with Gasteiger partial charge < -0.3 is 9.64 Å². The number of carbonyl (C=O) groups is 1. The van der Waals surface area contributed by atoms with Gasteiger partial charge in [-0.1, -0.05) is 18.2 Å². The maximum absolute atomic E-state index is 12.7. The predicted octanol–water partition coefficient (Wildman–Crippen LogP) is 3.28. The van der Waals surface area contributed by atoms with Gasteiger partial charge in [-0.15, -0.1) is 11.3 Å². The molecule has 2 aromatic heterocycles. The highest BCUT2D eigenvalue weighted by molar-refractivity contribution is 7.11. The van der Waals surface area contributed by atoms with Crippen LogP contribution in [0.3, 0.4) is 0 Å². The molecule has 0 N–H and O–H groups in total. The first kappa shape index (κ1) is 15.4. The van der Waals surface area contributed by atoms with E-state index in [0.29, 0.717) is 18.1 Å². The summed E-state index contributed by atoms with van der Waals surface area (Å²) in [6.07, 6.45) is 1.80. The fourth-order valence-electron chi connectivity index (χ4n) is 2.41. The predicted molar refractivity (Wildman–Crippen MR) is 90.9 cm³/mol. The van der Waals surface area contributed by atoms with Crippen LogP contribution in [0.15, 0.2) is 36.5 Å². The Balaban J connectivity index is 1.90. The Bertz CT molecular complexity index is 860. The Morgan fingerprint density at radius 2 is 2.13 bits per heavy atom. The number of aryl methyl sites for hydroxylation is 1. The number of nitrogens with zero attached hydrogens (tertiary/aromatic N) is 3. The molecule has 3 rings (SSSR count). The SMILES string of the molecule is COc1nc(C(=O)N(C)Cc2cnc(C)s2)cc2ccccc12. The highest BCUT2D eigenvalue weighted by Crippen LogP contribution is 2.25. The van der Waals surface area contributed by atoms with Crippen molar-refractivity contribution in [1.82, 2.24) is 14.9 Å². The summed E-state index contributed by atoms with van der Waals surface area (Å²) in [4.78, 5) is 23.9. The van der Waals surface area contributed by atoms with Gasteiger partial charge in [0.2, 0.25) is 5.88 Å². The molecule has 23 heavy (non-hydrogen) atoms. The molecular formula is C17H17N3O2S. The van der Waals surface area contributed by atoms with Crippen molar-refractivity contribution in [1.29, 1.82) is 0 Å². The number of aromatic nitrogens is 2. The van der Waals surface area contributed by atoms with Gasteiger partial charge in [0.05, 0.1) is 18.7 Å². The minimum Gasteiger partial charge on any atom is -0.481 e. The molecule has 0 spiro atoms. The maximum atomic E-state index is 12.7. The molecule has 1 aromatic carbocycles. The summed E-state index contributed by atoms with van der Waals surface area (Å²) in [6, 6.07) is 9.53. The summed E-state index contributed by atoms with van der Waals surface area (Å²) in [6.45, 7) is 2.47. The number of methoxy groups -OCH3 is 1. The number of benzene rings is 1. The van der Waals surface area contributed by atoms with Gasteiger partial charge in [0, 0.05) is 23.5 Å². The topological polar surface area (TPSA) is 55.3 Å². The second-order valence-corrected chi connectivity index (χ2v) is 6.56. The third-order valence-corrected chi connectivity index (χ3v) is 4.42. The van der Waals surface area contributed by atoms with E-state index in [9.17, 15) is 4.79 Å². The molecule has 6 heteroatoms. The molecule has 0 aliphatic heterocycles. The lowest BCUT2D eigenvalue weighted by molar-refractivity contribution is 0.0780. The molecule has 0 saturated heterocycles. The van der Waals surface area contributed by atoms with Crippen LogP contribution in [0.1, 0.15) is 20.4 Å². The monoisotopic (exact) mass is 327 g/mol. The van der Waals surface area contributed by atoms with E-state index in [0.717, 1.165) is 20.7 Å². The van der Waals surface area contributed by atoms with Crippen LogP contribution in [-0.2, 0) is 6.54 Å². The number of fused-ring (bicyclic) bond motifs is 1. The Kier molecular flexibility index (Phi) is 4.25. The van der Waals surface area contributed by atoms with Crippen molar-refractivity contribution in [3.05, 3.63) is 52.1 Å². The molecule has 0 saturated carbocycles. The van der Waals surface area contributed by atoms with Crippen molar-refractivity contribution >= 4 is 28.0 Å². The number of ether oxygens (including phenoxy) is 1. The van der Waals surface area contributed by atoms with E-state index in [4.69, 9.17) is 4.74 Å². The molecule has 118 valence electrons. The van der Waals surface area contributed by atoms with Gasteiger partial charge in [-0.05, 0) is 24.4 Å². The molecular weight excluding hydrogens is 310 g/mol. The summed E-state index contributed by atoms with van der Waals surface area (Å²) in [7, 11) is 3.33. The number of rotatable bonds is 4. The van der Waals surface area contributed by atoms with Gasteiger partial charge in [0.15, 0.2) is 0 Å². The molecule has 0 radical (unpaired) electrons. The smallest absolute Gasteiger partial charge is 0.272 e. The van der Waals surface area contributed by atoms with Crippen LogP contribution in [0.25, 0.3) is 10.8 Å². The van der Waals surface area contributed by atoms with Crippen LogP contribution >= 0.6 is 11.3 Å². The van der Waals surface area contributed by atoms with Crippen LogP contribution in [-0.4, -0.2) is 34.9 Å². The van der Waals surface area contributed by atoms with Gasteiger partial charge in [-0.2, -0.15) is 0 Å². The zero-order valence-corrected chi connectivity index (χ0v) is 14.1. The molecule has 5 nitrogen and oxygen atoms in total. The number of hydrogen-bond acceptors (Lipinski definition) is 5. The molecule has 0 atom stereocenters. The van der Waals surface area contributed by atoms with E-state index in [2.05, 4.69) is 9.97 Å². The summed E-state index contributed by atoms with van der Waals surface area (Å²) in [5.41, 5.74) is 0.379. The van der Waals surface area contributed by atoms with Gasteiger partial charge in [0.25, 0.3) is 5.91 Å². The Hall–Kier alpha value is -2.47. The number of hydrogen-bond donors (Lipinski definition) is 0. The van der Waals surface area contributed by atoms with Gasteiger partial charge in [-0.25, -0.2) is 9.97 Å². The molecule has 2 heterocycles. The zero-order valence-electron chi connectivity index (χ0n) is 13.2. The first-order valence-corrected chi connectivity index (χ1v) is 8.00. The summed E-state index contributed by atoms with van der Waals surface area (Å²) in [5, 5.41) is 2.82. The average Bonchev–Trinajstić information content (AvgIpc) is 2.97.